The Kier molecular flexibility index (Phi) is 4.89. The van der Waals surface area contributed by atoms with Gasteiger partial charge in [0.25, 0.3) is 0 Å². The predicted octanol–water partition coefficient (Wildman–Crippen LogP) is 4.48. The van der Waals surface area contributed by atoms with Crippen LogP contribution in [0.15, 0.2) is 57.1 Å². The molecule has 0 atom stereocenters. The topological polar surface area (TPSA) is 103 Å². The van der Waals surface area contributed by atoms with Crippen LogP contribution < -0.4 is 5.73 Å². The molecule has 7 nitrogen and oxygen atoms in total. The highest BCUT2D eigenvalue weighted by molar-refractivity contribution is 7.91. The Balaban J connectivity index is 1.75. The van der Waals surface area contributed by atoms with Gasteiger partial charge in [0, 0.05) is 17.0 Å². The Morgan fingerprint density at radius 3 is 2.52 bits per heavy atom. The van der Waals surface area contributed by atoms with Gasteiger partial charge in [0.15, 0.2) is 5.65 Å². The number of aromatic nitrogens is 4. The number of rotatable bonds is 5. The average molecular weight is 470 g/mol. The molecule has 4 aromatic heterocycles. The Morgan fingerprint density at radius 1 is 1.06 bits per heavy atom. The minimum absolute atomic E-state index is 0.149. The van der Waals surface area contributed by atoms with Crippen molar-refractivity contribution in [2.24, 2.45) is 5.73 Å². The van der Waals surface area contributed by atoms with Gasteiger partial charge in [-0.15, -0.1) is 27.8 Å². The number of hydrogen-bond donors (Lipinski definition) is 1. The molecule has 0 spiro atoms. The van der Waals surface area contributed by atoms with Gasteiger partial charge < -0.3 is 5.73 Å². The second kappa shape index (κ2) is 7.49. The Hall–Kier alpha value is -2.66. The van der Waals surface area contributed by atoms with E-state index in [0.717, 1.165) is 26.2 Å². The third-order valence-corrected chi connectivity index (χ3v) is 8.74. The van der Waals surface area contributed by atoms with Crippen LogP contribution in [-0.4, -0.2) is 28.2 Å². The van der Waals surface area contributed by atoms with E-state index in [1.165, 1.54) is 15.9 Å². The van der Waals surface area contributed by atoms with Crippen LogP contribution in [0.25, 0.3) is 27.1 Å². The smallest absolute Gasteiger partial charge is 0.229 e. The summed E-state index contributed by atoms with van der Waals surface area (Å²) in [5, 5.41) is 11.9. The number of benzene rings is 1. The predicted molar refractivity (Wildman–Crippen MR) is 123 cm³/mol. The van der Waals surface area contributed by atoms with Crippen molar-refractivity contribution in [2.45, 2.75) is 36.2 Å². The zero-order valence-electron chi connectivity index (χ0n) is 16.8. The van der Waals surface area contributed by atoms with Gasteiger partial charge in [0.1, 0.15) is 0 Å². The lowest BCUT2D eigenvalue weighted by Gasteiger charge is -2.08. The van der Waals surface area contributed by atoms with E-state index in [4.69, 9.17) is 10.7 Å². The van der Waals surface area contributed by atoms with Crippen LogP contribution in [0.3, 0.4) is 0 Å². The van der Waals surface area contributed by atoms with Crippen LogP contribution >= 0.6 is 22.7 Å². The first-order valence-corrected chi connectivity index (χ1v) is 12.9. The van der Waals surface area contributed by atoms with Crippen molar-refractivity contribution in [2.75, 3.05) is 0 Å². The molecule has 5 rings (SSSR count). The number of nitrogens with two attached hydrogens (primary N) is 1. The van der Waals surface area contributed by atoms with Crippen molar-refractivity contribution >= 4 is 48.4 Å². The fourth-order valence-electron chi connectivity index (χ4n) is 3.53. The maximum atomic E-state index is 13.4. The molecule has 31 heavy (non-hydrogen) atoms. The minimum atomic E-state index is -3.89. The monoisotopic (exact) mass is 469 g/mol. The molecule has 0 amide bonds. The molecule has 1 aromatic carbocycles. The number of hydrogen-bond acceptors (Lipinski definition) is 8. The summed E-state index contributed by atoms with van der Waals surface area (Å²) in [7, 11) is -3.89. The van der Waals surface area contributed by atoms with E-state index in [9.17, 15) is 8.42 Å². The minimum Gasteiger partial charge on any atom is -0.326 e. The molecule has 0 aliphatic rings. The van der Waals surface area contributed by atoms with Crippen molar-refractivity contribution in [3.05, 3.63) is 57.6 Å². The Morgan fingerprint density at radius 2 is 1.81 bits per heavy atom. The quantitative estimate of drug-likeness (QED) is 0.407. The molecule has 5 aromatic rings. The van der Waals surface area contributed by atoms with Gasteiger partial charge in [-0.25, -0.2) is 13.4 Å². The second-order valence-corrected chi connectivity index (χ2v) is 11.2. The number of thiophene rings is 2. The molecule has 0 radical (unpaired) electrons. The lowest BCUT2D eigenvalue weighted by atomic mass is 10.0. The zero-order valence-corrected chi connectivity index (χ0v) is 19.3. The van der Waals surface area contributed by atoms with Gasteiger partial charge in [-0.3, -0.25) is 0 Å². The van der Waals surface area contributed by atoms with Crippen molar-refractivity contribution in [1.82, 2.24) is 19.8 Å². The molecule has 0 aliphatic carbocycles. The largest absolute Gasteiger partial charge is 0.326 e. The normalized spacial score (nSPS) is 12.4. The second-order valence-electron chi connectivity index (χ2n) is 7.41. The van der Waals surface area contributed by atoms with Crippen LogP contribution in [-0.2, 0) is 16.4 Å². The summed E-state index contributed by atoms with van der Waals surface area (Å²) in [4.78, 5) is 5.91. The number of nitrogens with zero attached hydrogens (tertiary/aromatic N) is 4. The zero-order chi connectivity index (χ0) is 21.8. The van der Waals surface area contributed by atoms with Gasteiger partial charge in [-0.05, 0) is 46.5 Å². The average Bonchev–Trinajstić information content (AvgIpc) is 3.51. The van der Waals surface area contributed by atoms with Gasteiger partial charge in [-0.1, -0.05) is 31.2 Å². The maximum absolute atomic E-state index is 13.4. The van der Waals surface area contributed by atoms with E-state index >= 15 is 0 Å². The molecule has 0 unspecified atom stereocenters. The molecule has 0 aliphatic heterocycles. The van der Waals surface area contributed by atoms with Crippen LogP contribution in [0.2, 0.25) is 0 Å². The van der Waals surface area contributed by atoms with Gasteiger partial charge >= 0.3 is 0 Å². The van der Waals surface area contributed by atoms with E-state index < -0.39 is 9.84 Å². The van der Waals surface area contributed by atoms with E-state index in [2.05, 4.69) is 24.2 Å². The molecular formula is C21H19N5O2S3. The highest BCUT2D eigenvalue weighted by Gasteiger charge is 2.28. The van der Waals surface area contributed by atoms with Crippen LogP contribution in [0.1, 0.15) is 30.2 Å². The Bertz CT molecular complexity index is 1510. The molecule has 0 fully saturated rings. The molecule has 0 saturated carbocycles. The summed E-state index contributed by atoms with van der Waals surface area (Å²) in [6, 6.07) is 10.8. The fourth-order valence-corrected chi connectivity index (χ4v) is 6.40. The lowest BCUT2D eigenvalue weighted by molar-refractivity contribution is 0.592. The van der Waals surface area contributed by atoms with Crippen molar-refractivity contribution in [1.29, 1.82) is 0 Å². The fraction of sp³-hybridized carbons (Fsp3) is 0.190. The molecule has 10 heteroatoms. The molecule has 158 valence electrons. The van der Waals surface area contributed by atoms with Crippen molar-refractivity contribution in [3.8, 4) is 11.3 Å². The van der Waals surface area contributed by atoms with Crippen LogP contribution in [0, 0.1) is 0 Å². The highest BCUT2D eigenvalue weighted by Crippen LogP contribution is 2.36. The third-order valence-electron chi connectivity index (χ3n) is 5.22. The van der Waals surface area contributed by atoms with E-state index in [0.29, 0.717) is 18.2 Å². The van der Waals surface area contributed by atoms with Gasteiger partial charge in [0.05, 0.1) is 20.8 Å². The summed E-state index contributed by atoms with van der Waals surface area (Å²) >= 11 is 3.08. The summed E-state index contributed by atoms with van der Waals surface area (Å²) in [6.45, 7) is 4.51. The first-order chi connectivity index (χ1) is 14.9. The van der Waals surface area contributed by atoms with E-state index in [1.807, 2.05) is 35.0 Å². The standard InChI is InChI=1S/C21H19N5O2S3/c1-12(2)13-3-5-14(6-4-13)31(27,28)21-20-23-18(15-7-9-29-17(15)11-22)19-16(8-10-30-19)26(20)25-24-21/h3-10,12H,11,22H2,1-2H3. The number of fused-ring (bicyclic) bond motifs is 3. The SMILES string of the molecule is CC(C)c1ccc(S(=O)(=O)c2nnn3c2nc(-c2ccsc2CN)c2sccc23)cc1. The first-order valence-electron chi connectivity index (χ1n) is 9.66. The van der Waals surface area contributed by atoms with Crippen LogP contribution in [0.5, 0.6) is 0 Å². The third kappa shape index (κ3) is 3.18. The summed E-state index contributed by atoms with van der Waals surface area (Å²) < 4.78 is 29.2. The van der Waals surface area contributed by atoms with E-state index in [1.54, 1.807) is 23.5 Å². The summed E-state index contributed by atoms with van der Waals surface area (Å²) in [5.74, 6) is 0.310. The van der Waals surface area contributed by atoms with Crippen molar-refractivity contribution in [3.63, 3.8) is 0 Å². The van der Waals surface area contributed by atoms with Gasteiger partial charge in [0.2, 0.25) is 14.9 Å². The van der Waals surface area contributed by atoms with Crippen LogP contribution in [0.4, 0.5) is 0 Å². The number of sulfone groups is 1. The van der Waals surface area contributed by atoms with E-state index in [-0.39, 0.29) is 15.6 Å². The summed E-state index contributed by atoms with van der Waals surface area (Å²) in [6.07, 6.45) is 0. The highest BCUT2D eigenvalue weighted by atomic mass is 32.2. The molecule has 4 heterocycles. The Labute approximate surface area is 187 Å². The van der Waals surface area contributed by atoms with Gasteiger partial charge in [-0.2, -0.15) is 4.52 Å². The molecular weight excluding hydrogens is 450 g/mol. The molecule has 2 N–H and O–H groups in total. The molecule has 0 saturated heterocycles. The molecule has 0 bridgehead atoms. The summed E-state index contributed by atoms with van der Waals surface area (Å²) in [5.41, 5.74) is 9.57. The maximum Gasteiger partial charge on any atom is 0.229 e. The lowest BCUT2D eigenvalue weighted by Crippen LogP contribution is -2.05. The first kappa shape index (κ1) is 20.3. The van der Waals surface area contributed by atoms with Crippen molar-refractivity contribution < 1.29 is 8.42 Å².